The molecule has 0 spiro atoms. The minimum absolute atomic E-state index is 0.0139. The molecule has 4 heteroatoms. The van der Waals surface area contributed by atoms with E-state index in [0.717, 1.165) is 6.42 Å². The zero-order chi connectivity index (χ0) is 8.72. The fourth-order valence-corrected chi connectivity index (χ4v) is 2.27. The molecule has 0 unspecified atom stereocenters. The first-order chi connectivity index (χ1) is 5.66. The predicted molar refractivity (Wildman–Crippen MR) is 40.4 cm³/mol. The molecule has 66 valence electrons. The summed E-state index contributed by atoms with van der Waals surface area (Å²) in [4.78, 5) is 21.7. The Morgan fingerprint density at radius 3 is 2.92 bits per heavy atom. The molecule has 12 heavy (non-hydrogen) atoms. The predicted octanol–water partition coefficient (Wildman–Crippen LogP) is -0.0143. The van der Waals surface area contributed by atoms with Crippen molar-refractivity contribution in [3.05, 3.63) is 0 Å². The maximum atomic E-state index is 11.0. The van der Waals surface area contributed by atoms with Crippen LogP contribution in [0.3, 0.4) is 0 Å². The van der Waals surface area contributed by atoms with Crippen LogP contribution in [0.4, 0.5) is 0 Å². The summed E-state index contributed by atoms with van der Waals surface area (Å²) in [5, 5.41) is 11.5. The molecule has 2 fully saturated rings. The molecule has 1 heterocycles. The molecule has 1 saturated heterocycles. The number of hydrogen-bond donors (Lipinski definition) is 2. The van der Waals surface area contributed by atoms with Crippen molar-refractivity contribution in [2.45, 2.75) is 25.3 Å². The van der Waals surface area contributed by atoms with Crippen LogP contribution < -0.4 is 5.32 Å². The lowest BCUT2D eigenvalue weighted by molar-refractivity contribution is -0.142. The van der Waals surface area contributed by atoms with Crippen LogP contribution in [0.5, 0.6) is 0 Å². The molecule has 1 aliphatic carbocycles. The van der Waals surface area contributed by atoms with Gasteiger partial charge in [0.25, 0.3) is 0 Å². The minimum Gasteiger partial charge on any atom is -0.481 e. The number of carbonyl (C=O) groups is 2. The first-order valence-corrected chi connectivity index (χ1v) is 4.19. The highest BCUT2D eigenvalue weighted by Crippen LogP contribution is 2.36. The van der Waals surface area contributed by atoms with Crippen molar-refractivity contribution < 1.29 is 14.7 Å². The highest BCUT2D eigenvalue weighted by molar-refractivity contribution is 5.80. The molecule has 2 aliphatic rings. The van der Waals surface area contributed by atoms with Gasteiger partial charge in [-0.2, -0.15) is 0 Å². The van der Waals surface area contributed by atoms with Crippen molar-refractivity contribution in [3.8, 4) is 0 Å². The quantitative estimate of drug-likeness (QED) is 0.580. The van der Waals surface area contributed by atoms with E-state index in [2.05, 4.69) is 5.32 Å². The van der Waals surface area contributed by atoms with Crippen molar-refractivity contribution in [1.29, 1.82) is 0 Å². The fourth-order valence-electron chi connectivity index (χ4n) is 2.27. The van der Waals surface area contributed by atoms with Crippen molar-refractivity contribution in [1.82, 2.24) is 5.32 Å². The standard InChI is InChI=1S/C8H11NO3/c10-7-3-4-1-5(8(11)12)6(2-4)9-7/h4-6H,1-3H2,(H,9,10)(H,11,12)/t4-,5+,6+/m1/s1. The molecule has 1 aliphatic heterocycles. The Labute approximate surface area is 69.9 Å². The van der Waals surface area contributed by atoms with E-state index in [9.17, 15) is 9.59 Å². The Morgan fingerprint density at radius 2 is 2.25 bits per heavy atom. The number of amides is 1. The first-order valence-electron chi connectivity index (χ1n) is 4.19. The highest BCUT2D eigenvalue weighted by Gasteiger charge is 2.43. The van der Waals surface area contributed by atoms with Crippen LogP contribution >= 0.6 is 0 Å². The Hall–Kier alpha value is -1.06. The summed E-state index contributed by atoms with van der Waals surface area (Å²) in [6.45, 7) is 0. The molecule has 0 aromatic heterocycles. The van der Waals surface area contributed by atoms with E-state index >= 15 is 0 Å². The molecule has 0 aromatic rings. The summed E-state index contributed by atoms with van der Waals surface area (Å²) in [7, 11) is 0. The Morgan fingerprint density at radius 1 is 1.50 bits per heavy atom. The summed E-state index contributed by atoms with van der Waals surface area (Å²) in [6, 6.07) is -0.103. The Kier molecular flexibility index (Phi) is 1.56. The van der Waals surface area contributed by atoms with E-state index in [0.29, 0.717) is 18.8 Å². The number of piperidine rings is 1. The third-order valence-electron chi connectivity index (χ3n) is 2.80. The lowest BCUT2D eigenvalue weighted by Gasteiger charge is -2.20. The monoisotopic (exact) mass is 169 g/mol. The van der Waals surface area contributed by atoms with Crippen molar-refractivity contribution in [3.63, 3.8) is 0 Å². The lowest BCUT2D eigenvalue weighted by Crippen LogP contribution is -2.42. The molecule has 0 radical (unpaired) electrons. The van der Waals surface area contributed by atoms with E-state index in [4.69, 9.17) is 5.11 Å². The largest absolute Gasteiger partial charge is 0.481 e. The van der Waals surface area contributed by atoms with Gasteiger partial charge in [-0.1, -0.05) is 0 Å². The van der Waals surface area contributed by atoms with Crippen LogP contribution in [0.2, 0.25) is 0 Å². The van der Waals surface area contributed by atoms with Crippen molar-refractivity contribution >= 4 is 11.9 Å². The molecular weight excluding hydrogens is 158 g/mol. The molecule has 3 atom stereocenters. The second kappa shape index (κ2) is 2.47. The number of carboxylic acid groups (broad SMARTS) is 1. The van der Waals surface area contributed by atoms with E-state index in [1.54, 1.807) is 0 Å². The first kappa shape index (κ1) is 7.58. The maximum absolute atomic E-state index is 11.0. The number of carbonyl (C=O) groups excluding carboxylic acids is 1. The summed E-state index contributed by atoms with van der Waals surface area (Å²) < 4.78 is 0. The molecule has 4 nitrogen and oxygen atoms in total. The van der Waals surface area contributed by atoms with Crippen LogP contribution in [0, 0.1) is 11.8 Å². The molecule has 2 rings (SSSR count). The Bertz CT molecular complexity index is 238. The summed E-state index contributed by atoms with van der Waals surface area (Å²) >= 11 is 0. The van der Waals surface area contributed by atoms with Crippen LogP contribution in [0.25, 0.3) is 0 Å². The van der Waals surface area contributed by atoms with Gasteiger partial charge in [-0.05, 0) is 18.8 Å². The Balaban J connectivity index is 2.14. The van der Waals surface area contributed by atoms with E-state index in [-0.39, 0.29) is 17.9 Å². The number of carboxylic acids is 1. The molecular formula is C8H11NO3. The van der Waals surface area contributed by atoms with Crippen molar-refractivity contribution in [2.75, 3.05) is 0 Å². The zero-order valence-electron chi connectivity index (χ0n) is 6.62. The summed E-state index contributed by atoms with van der Waals surface area (Å²) in [6.07, 6.45) is 2.03. The summed E-state index contributed by atoms with van der Waals surface area (Å²) in [5.74, 6) is -0.795. The molecule has 1 saturated carbocycles. The third kappa shape index (κ3) is 1.07. The molecule has 2 N–H and O–H groups in total. The zero-order valence-corrected chi connectivity index (χ0v) is 6.62. The van der Waals surface area contributed by atoms with Gasteiger partial charge in [0.05, 0.1) is 5.92 Å². The van der Waals surface area contributed by atoms with Crippen LogP contribution in [0.15, 0.2) is 0 Å². The van der Waals surface area contributed by atoms with Gasteiger partial charge in [0.2, 0.25) is 5.91 Å². The maximum Gasteiger partial charge on any atom is 0.308 e. The van der Waals surface area contributed by atoms with Crippen LogP contribution in [0.1, 0.15) is 19.3 Å². The number of hydrogen-bond acceptors (Lipinski definition) is 2. The van der Waals surface area contributed by atoms with Gasteiger partial charge in [0.15, 0.2) is 0 Å². The van der Waals surface area contributed by atoms with Gasteiger partial charge in [-0.3, -0.25) is 9.59 Å². The van der Waals surface area contributed by atoms with Gasteiger partial charge in [-0.15, -0.1) is 0 Å². The summed E-state index contributed by atoms with van der Waals surface area (Å²) in [5.41, 5.74) is 0. The van der Waals surface area contributed by atoms with E-state index in [1.807, 2.05) is 0 Å². The normalized spacial score (nSPS) is 39.3. The topological polar surface area (TPSA) is 66.4 Å². The number of aliphatic carboxylic acids is 1. The van der Waals surface area contributed by atoms with E-state index in [1.165, 1.54) is 0 Å². The molecule has 1 amide bonds. The smallest absolute Gasteiger partial charge is 0.308 e. The van der Waals surface area contributed by atoms with Gasteiger partial charge >= 0.3 is 5.97 Å². The fraction of sp³-hybridized carbons (Fsp3) is 0.750. The molecule has 0 aromatic carbocycles. The van der Waals surface area contributed by atoms with Gasteiger partial charge in [-0.25, -0.2) is 0 Å². The van der Waals surface area contributed by atoms with Gasteiger partial charge in [0.1, 0.15) is 0 Å². The number of rotatable bonds is 1. The number of nitrogens with one attached hydrogen (secondary N) is 1. The minimum atomic E-state index is -0.773. The lowest BCUT2D eigenvalue weighted by atomic mass is 10.0. The average Bonchev–Trinajstić information content (AvgIpc) is 2.26. The van der Waals surface area contributed by atoms with Crippen molar-refractivity contribution in [2.24, 2.45) is 11.8 Å². The van der Waals surface area contributed by atoms with Gasteiger partial charge < -0.3 is 10.4 Å². The second-order valence-corrected chi connectivity index (χ2v) is 3.66. The average molecular weight is 169 g/mol. The van der Waals surface area contributed by atoms with Gasteiger partial charge in [0, 0.05) is 12.5 Å². The molecule has 2 bridgehead atoms. The second-order valence-electron chi connectivity index (χ2n) is 3.66. The SMILES string of the molecule is O=C1C[C@H]2C[C@H](N1)[C@@H](C(=O)O)C2. The van der Waals surface area contributed by atoms with E-state index < -0.39 is 5.97 Å². The number of fused-ring (bicyclic) bond motifs is 2. The van der Waals surface area contributed by atoms with Crippen LogP contribution in [-0.2, 0) is 9.59 Å². The van der Waals surface area contributed by atoms with Crippen LogP contribution in [-0.4, -0.2) is 23.0 Å². The highest BCUT2D eigenvalue weighted by atomic mass is 16.4. The third-order valence-corrected chi connectivity index (χ3v) is 2.80.